The molecule has 0 radical (unpaired) electrons. The summed E-state index contributed by atoms with van der Waals surface area (Å²) in [6, 6.07) is 0.753. The van der Waals surface area contributed by atoms with Gasteiger partial charge < -0.3 is 14.7 Å². The normalized spacial score (nSPS) is 31.9. The summed E-state index contributed by atoms with van der Waals surface area (Å²) in [5.41, 5.74) is 0. The van der Waals surface area contributed by atoms with Crippen molar-refractivity contribution in [3.05, 3.63) is 0 Å². The zero-order valence-electron chi connectivity index (χ0n) is 11.1. The molecule has 0 spiro atoms. The van der Waals surface area contributed by atoms with Gasteiger partial charge in [0.15, 0.2) is 0 Å². The highest BCUT2D eigenvalue weighted by Gasteiger charge is 2.28. The standard InChI is InChI=1S/C14H27NO2/c1-2-15(13-6-4-3-5-7-13)10-12-11-17-9-8-14(12)16/h12-14,16H,2-11H2,1H3. The molecule has 2 aliphatic rings. The van der Waals surface area contributed by atoms with Crippen LogP contribution < -0.4 is 0 Å². The number of nitrogens with zero attached hydrogens (tertiary/aromatic N) is 1. The molecule has 2 unspecified atom stereocenters. The molecule has 0 aromatic rings. The highest BCUT2D eigenvalue weighted by molar-refractivity contribution is 4.81. The van der Waals surface area contributed by atoms with E-state index in [-0.39, 0.29) is 6.10 Å². The van der Waals surface area contributed by atoms with Gasteiger partial charge >= 0.3 is 0 Å². The predicted molar refractivity (Wildman–Crippen MR) is 69.1 cm³/mol. The summed E-state index contributed by atoms with van der Waals surface area (Å²) < 4.78 is 5.50. The Balaban J connectivity index is 1.84. The maximum Gasteiger partial charge on any atom is 0.0624 e. The molecule has 3 heteroatoms. The second-order valence-corrected chi connectivity index (χ2v) is 5.57. The lowest BCUT2D eigenvalue weighted by Gasteiger charge is -2.38. The first-order valence-corrected chi connectivity index (χ1v) is 7.31. The first kappa shape index (κ1) is 13.3. The van der Waals surface area contributed by atoms with Crippen LogP contribution in [0.1, 0.15) is 45.4 Å². The van der Waals surface area contributed by atoms with Crippen LogP contribution in [-0.4, -0.2) is 48.5 Å². The van der Waals surface area contributed by atoms with Gasteiger partial charge in [0.2, 0.25) is 0 Å². The Morgan fingerprint density at radius 1 is 1.18 bits per heavy atom. The molecule has 1 aliphatic carbocycles. The largest absolute Gasteiger partial charge is 0.393 e. The van der Waals surface area contributed by atoms with Crippen LogP contribution >= 0.6 is 0 Å². The van der Waals surface area contributed by atoms with E-state index >= 15 is 0 Å². The van der Waals surface area contributed by atoms with Crippen molar-refractivity contribution in [3.8, 4) is 0 Å². The third kappa shape index (κ3) is 3.67. The van der Waals surface area contributed by atoms with Gasteiger partial charge in [0.05, 0.1) is 12.7 Å². The Morgan fingerprint density at radius 2 is 1.94 bits per heavy atom. The quantitative estimate of drug-likeness (QED) is 0.817. The zero-order chi connectivity index (χ0) is 12.1. The van der Waals surface area contributed by atoms with Gasteiger partial charge in [-0.25, -0.2) is 0 Å². The van der Waals surface area contributed by atoms with Crippen LogP contribution in [0.25, 0.3) is 0 Å². The lowest BCUT2D eigenvalue weighted by molar-refractivity contribution is -0.0515. The summed E-state index contributed by atoms with van der Waals surface area (Å²) in [7, 11) is 0. The molecule has 1 heterocycles. The molecule has 2 atom stereocenters. The topological polar surface area (TPSA) is 32.7 Å². The molecule has 3 nitrogen and oxygen atoms in total. The molecule has 0 aromatic carbocycles. The van der Waals surface area contributed by atoms with Crippen molar-refractivity contribution in [2.24, 2.45) is 5.92 Å². The molecular formula is C14H27NO2. The fraction of sp³-hybridized carbons (Fsp3) is 1.00. The van der Waals surface area contributed by atoms with E-state index in [0.717, 1.165) is 38.8 Å². The minimum atomic E-state index is -0.151. The van der Waals surface area contributed by atoms with E-state index in [2.05, 4.69) is 11.8 Å². The Kier molecular flexibility index (Phi) is 5.26. The molecule has 2 fully saturated rings. The number of hydrogen-bond donors (Lipinski definition) is 1. The van der Waals surface area contributed by atoms with Crippen molar-refractivity contribution in [2.75, 3.05) is 26.3 Å². The molecular weight excluding hydrogens is 214 g/mol. The minimum Gasteiger partial charge on any atom is -0.393 e. The van der Waals surface area contributed by atoms with E-state index in [0.29, 0.717) is 5.92 Å². The lowest BCUT2D eigenvalue weighted by atomic mass is 9.92. The highest BCUT2D eigenvalue weighted by atomic mass is 16.5. The monoisotopic (exact) mass is 241 g/mol. The van der Waals surface area contributed by atoms with Crippen molar-refractivity contribution in [3.63, 3.8) is 0 Å². The van der Waals surface area contributed by atoms with Crippen molar-refractivity contribution in [2.45, 2.75) is 57.6 Å². The van der Waals surface area contributed by atoms with Crippen LogP contribution in [0.15, 0.2) is 0 Å². The summed E-state index contributed by atoms with van der Waals surface area (Å²) in [5, 5.41) is 10.0. The van der Waals surface area contributed by atoms with E-state index in [1.165, 1.54) is 32.1 Å². The maximum absolute atomic E-state index is 10.0. The summed E-state index contributed by atoms with van der Waals surface area (Å²) in [6.45, 7) is 5.83. The van der Waals surface area contributed by atoms with Gasteiger partial charge in [-0.3, -0.25) is 0 Å². The van der Waals surface area contributed by atoms with Gasteiger partial charge in [-0.2, -0.15) is 0 Å². The van der Waals surface area contributed by atoms with E-state index in [1.807, 2.05) is 0 Å². The second-order valence-electron chi connectivity index (χ2n) is 5.57. The fourth-order valence-corrected chi connectivity index (χ4v) is 3.24. The maximum atomic E-state index is 10.0. The van der Waals surface area contributed by atoms with E-state index < -0.39 is 0 Å². The van der Waals surface area contributed by atoms with E-state index in [9.17, 15) is 5.11 Å². The Hall–Kier alpha value is -0.120. The molecule has 2 rings (SSSR count). The first-order valence-electron chi connectivity index (χ1n) is 7.31. The third-order valence-electron chi connectivity index (χ3n) is 4.40. The van der Waals surface area contributed by atoms with Gasteiger partial charge in [-0.05, 0) is 25.8 Å². The summed E-state index contributed by atoms with van der Waals surface area (Å²) in [6.07, 6.45) is 7.52. The Labute approximate surface area is 105 Å². The van der Waals surface area contributed by atoms with Crippen LogP contribution in [0, 0.1) is 5.92 Å². The molecule has 1 aliphatic heterocycles. The molecule has 100 valence electrons. The molecule has 1 N–H and O–H groups in total. The molecule has 1 saturated heterocycles. The number of aliphatic hydroxyl groups excluding tert-OH is 1. The summed E-state index contributed by atoms with van der Waals surface area (Å²) >= 11 is 0. The number of aliphatic hydroxyl groups is 1. The summed E-state index contributed by atoms with van der Waals surface area (Å²) in [5.74, 6) is 0.325. The van der Waals surface area contributed by atoms with Crippen LogP contribution in [0.2, 0.25) is 0 Å². The molecule has 1 saturated carbocycles. The Morgan fingerprint density at radius 3 is 2.59 bits per heavy atom. The van der Waals surface area contributed by atoms with Gasteiger partial charge in [0, 0.05) is 25.1 Å². The molecule has 0 amide bonds. The Bertz CT molecular complexity index is 216. The third-order valence-corrected chi connectivity index (χ3v) is 4.40. The van der Waals surface area contributed by atoms with Crippen LogP contribution in [0.4, 0.5) is 0 Å². The van der Waals surface area contributed by atoms with Crippen molar-refractivity contribution in [1.82, 2.24) is 4.90 Å². The van der Waals surface area contributed by atoms with Gasteiger partial charge in [-0.15, -0.1) is 0 Å². The second kappa shape index (κ2) is 6.72. The minimum absolute atomic E-state index is 0.151. The highest BCUT2D eigenvalue weighted by Crippen LogP contribution is 2.25. The van der Waals surface area contributed by atoms with Crippen molar-refractivity contribution in [1.29, 1.82) is 0 Å². The zero-order valence-corrected chi connectivity index (χ0v) is 11.1. The van der Waals surface area contributed by atoms with Gasteiger partial charge in [0.1, 0.15) is 0 Å². The molecule has 17 heavy (non-hydrogen) atoms. The van der Waals surface area contributed by atoms with E-state index in [4.69, 9.17) is 4.74 Å². The van der Waals surface area contributed by atoms with Crippen molar-refractivity contribution >= 4 is 0 Å². The summed E-state index contributed by atoms with van der Waals surface area (Å²) in [4.78, 5) is 2.57. The predicted octanol–water partition coefficient (Wildman–Crippen LogP) is 2.04. The smallest absolute Gasteiger partial charge is 0.0624 e. The molecule has 0 bridgehead atoms. The number of ether oxygens (including phenoxy) is 1. The van der Waals surface area contributed by atoms with E-state index in [1.54, 1.807) is 0 Å². The fourth-order valence-electron chi connectivity index (χ4n) is 3.24. The number of rotatable bonds is 4. The first-order chi connectivity index (χ1) is 8.31. The SMILES string of the molecule is CCN(CC1COCCC1O)C1CCCCC1. The molecule has 0 aromatic heterocycles. The van der Waals surface area contributed by atoms with Crippen LogP contribution in [0.3, 0.4) is 0 Å². The van der Waals surface area contributed by atoms with Crippen molar-refractivity contribution < 1.29 is 9.84 Å². The number of hydrogen-bond acceptors (Lipinski definition) is 3. The van der Waals surface area contributed by atoms with Gasteiger partial charge in [0.25, 0.3) is 0 Å². The lowest BCUT2D eigenvalue weighted by Crippen LogP contribution is -2.45. The average molecular weight is 241 g/mol. The van der Waals surface area contributed by atoms with Crippen LogP contribution in [-0.2, 0) is 4.74 Å². The average Bonchev–Trinajstić information content (AvgIpc) is 2.39. The van der Waals surface area contributed by atoms with Crippen LogP contribution in [0.5, 0.6) is 0 Å². The van der Waals surface area contributed by atoms with Gasteiger partial charge in [-0.1, -0.05) is 26.2 Å².